The van der Waals surface area contributed by atoms with Crippen molar-refractivity contribution < 1.29 is 14.5 Å². The standard InChI is InChI=1S/C17H17N5O5/c1-3-27-16(24)11-8(2)19-14-13(15(23)21-17(18)20-14)12(11)9-5-4-6-10(7-9)22(25)26/h4-7,12H,3H2,1-2H3,(H4,18,19,20,21,23). The summed E-state index contributed by atoms with van der Waals surface area (Å²) in [6.45, 7) is 3.44. The van der Waals surface area contributed by atoms with E-state index in [2.05, 4.69) is 15.3 Å². The van der Waals surface area contributed by atoms with E-state index in [-0.39, 0.29) is 35.2 Å². The number of esters is 1. The minimum absolute atomic E-state index is 0.0866. The average Bonchev–Trinajstić information content (AvgIpc) is 2.60. The van der Waals surface area contributed by atoms with E-state index in [1.807, 2.05) is 0 Å². The van der Waals surface area contributed by atoms with Crippen LogP contribution in [0.4, 0.5) is 17.5 Å². The van der Waals surface area contributed by atoms with Gasteiger partial charge in [0.05, 0.1) is 28.6 Å². The Hall–Kier alpha value is -3.69. The van der Waals surface area contributed by atoms with Crippen molar-refractivity contribution in [3.05, 3.63) is 67.1 Å². The molecule has 1 atom stereocenters. The number of nitrogens with one attached hydrogen (secondary N) is 2. The van der Waals surface area contributed by atoms with E-state index in [4.69, 9.17) is 10.5 Å². The maximum atomic E-state index is 12.6. The molecule has 0 saturated heterocycles. The zero-order chi connectivity index (χ0) is 19.7. The lowest BCUT2D eigenvalue weighted by atomic mass is 9.82. The number of aromatic amines is 1. The molecule has 10 nitrogen and oxygen atoms in total. The van der Waals surface area contributed by atoms with E-state index in [0.717, 1.165) is 0 Å². The zero-order valence-corrected chi connectivity index (χ0v) is 14.6. The van der Waals surface area contributed by atoms with Gasteiger partial charge in [0.1, 0.15) is 5.82 Å². The van der Waals surface area contributed by atoms with Crippen LogP contribution >= 0.6 is 0 Å². The lowest BCUT2D eigenvalue weighted by Gasteiger charge is -2.28. The Morgan fingerprint density at radius 3 is 2.85 bits per heavy atom. The number of carbonyl (C=O) groups excluding carboxylic acids is 1. The lowest BCUT2D eigenvalue weighted by molar-refractivity contribution is -0.384. The summed E-state index contributed by atoms with van der Waals surface area (Å²) < 4.78 is 5.13. The third-order valence-electron chi connectivity index (χ3n) is 4.17. The molecule has 1 aromatic heterocycles. The number of rotatable bonds is 4. The number of aromatic nitrogens is 2. The van der Waals surface area contributed by atoms with Gasteiger partial charge in [-0.25, -0.2) is 4.79 Å². The minimum atomic E-state index is -0.892. The van der Waals surface area contributed by atoms with Crippen molar-refractivity contribution in [3.8, 4) is 0 Å². The number of nitrogens with zero attached hydrogens (tertiary/aromatic N) is 2. The van der Waals surface area contributed by atoms with Gasteiger partial charge in [-0.05, 0) is 19.4 Å². The number of anilines is 2. The molecule has 0 fully saturated rings. The Balaban J connectivity index is 2.29. The monoisotopic (exact) mass is 371 g/mol. The van der Waals surface area contributed by atoms with Crippen LogP contribution in [0.15, 0.2) is 40.3 Å². The van der Waals surface area contributed by atoms with E-state index in [9.17, 15) is 19.7 Å². The number of nitrogens with two attached hydrogens (primary N) is 1. The zero-order valence-electron chi connectivity index (χ0n) is 14.6. The Kier molecular flexibility index (Phi) is 4.63. The predicted molar refractivity (Wildman–Crippen MR) is 97.2 cm³/mol. The quantitative estimate of drug-likeness (QED) is 0.416. The molecule has 1 aromatic carbocycles. The second kappa shape index (κ2) is 6.90. The average molecular weight is 371 g/mol. The molecule has 0 saturated carbocycles. The van der Waals surface area contributed by atoms with Crippen molar-refractivity contribution in [1.82, 2.24) is 9.97 Å². The number of nitro groups is 1. The fourth-order valence-electron chi connectivity index (χ4n) is 3.10. The maximum absolute atomic E-state index is 12.6. The largest absolute Gasteiger partial charge is 0.463 e. The van der Waals surface area contributed by atoms with Gasteiger partial charge in [-0.15, -0.1) is 0 Å². The van der Waals surface area contributed by atoms with Gasteiger partial charge in [-0.2, -0.15) is 4.98 Å². The van der Waals surface area contributed by atoms with Crippen LogP contribution in [0.2, 0.25) is 0 Å². The molecule has 0 radical (unpaired) electrons. The van der Waals surface area contributed by atoms with Gasteiger partial charge in [-0.1, -0.05) is 12.1 Å². The summed E-state index contributed by atoms with van der Waals surface area (Å²) in [5.41, 5.74) is 6.05. The van der Waals surface area contributed by atoms with E-state index < -0.39 is 22.4 Å². The number of nitro benzene ring substituents is 1. The van der Waals surface area contributed by atoms with Crippen molar-refractivity contribution >= 4 is 23.4 Å². The number of ether oxygens (including phenoxy) is 1. The summed E-state index contributed by atoms with van der Waals surface area (Å²) in [5.74, 6) is -1.41. The molecule has 10 heteroatoms. The SMILES string of the molecule is CCOC(=O)C1=C(C)Nc2nc(N)[nH]c(=O)c2C1c1cccc([N+](=O)[O-])c1. The second-order valence-corrected chi connectivity index (χ2v) is 5.88. The van der Waals surface area contributed by atoms with Gasteiger partial charge >= 0.3 is 5.97 Å². The van der Waals surface area contributed by atoms with Crippen LogP contribution in [-0.2, 0) is 9.53 Å². The number of H-pyrrole nitrogens is 1. The third kappa shape index (κ3) is 3.24. The van der Waals surface area contributed by atoms with Crippen LogP contribution in [0.3, 0.4) is 0 Å². The summed E-state index contributed by atoms with van der Waals surface area (Å²) in [5, 5.41) is 14.1. The third-order valence-corrected chi connectivity index (χ3v) is 4.17. The number of allylic oxidation sites excluding steroid dienone is 1. The molecular weight excluding hydrogens is 354 g/mol. The van der Waals surface area contributed by atoms with Crippen molar-refractivity contribution in [3.63, 3.8) is 0 Å². The molecule has 1 aliphatic heterocycles. The van der Waals surface area contributed by atoms with Crippen LogP contribution in [0, 0.1) is 10.1 Å². The van der Waals surface area contributed by atoms with E-state index in [1.165, 1.54) is 18.2 Å². The predicted octanol–water partition coefficient (Wildman–Crippen LogP) is 1.65. The number of hydrogen-bond donors (Lipinski definition) is 3. The minimum Gasteiger partial charge on any atom is -0.463 e. The Morgan fingerprint density at radius 1 is 1.44 bits per heavy atom. The lowest BCUT2D eigenvalue weighted by Crippen LogP contribution is -2.31. The van der Waals surface area contributed by atoms with Crippen molar-refractivity contribution in [2.75, 3.05) is 17.7 Å². The van der Waals surface area contributed by atoms with E-state index >= 15 is 0 Å². The van der Waals surface area contributed by atoms with Crippen molar-refractivity contribution in [1.29, 1.82) is 0 Å². The normalized spacial score (nSPS) is 15.7. The van der Waals surface area contributed by atoms with Gasteiger partial charge in [0, 0.05) is 17.8 Å². The highest BCUT2D eigenvalue weighted by Gasteiger charge is 2.36. The Morgan fingerprint density at radius 2 is 2.19 bits per heavy atom. The Labute approximate surface area is 153 Å². The molecule has 2 aromatic rings. The number of fused-ring (bicyclic) bond motifs is 1. The fraction of sp³-hybridized carbons (Fsp3) is 0.235. The first-order valence-corrected chi connectivity index (χ1v) is 8.12. The van der Waals surface area contributed by atoms with Crippen LogP contribution in [0.5, 0.6) is 0 Å². The first-order chi connectivity index (χ1) is 12.8. The summed E-state index contributed by atoms with van der Waals surface area (Å²) in [6.07, 6.45) is 0. The van der Waals surface area contributed by atoms with Crippen LogP contribution in [0.1, 0.15) is 30.9 Å². The van der Waals surface area contributed by atoms with E-state index in [0.29, 0.717) is 11.3 Å². The highest BCUT2D eigenvalue weighted by Crippen LogP contribution is 2.40. The molecule has 2 heterocycles. The van der Waals surface area contributed by atoms with Crippen molar-refractivity contribution in [2.45, 2.75) is 19.8 Å². The van der Waals surface area contributed by atoms with Gasteiger partial charge in [0.2, 0.25) is 5.95 Å². The molecule has 1 aliphatic rings. The topological polar surface area (TPSA) is 153 Å². The molecular formula is C17H17N5O5. The fourth-order valence-corrected chi connectivity index (χ4v) is 3.10. The number of hydrogen-bond acceptors (Lipinski definition) is 8. The first kappa shape index (κ1) is 18.1. The maximum Gasteiger partial charge on any atom is 0.336 e. The molecule has 3 rings (SSSR count). The summed E-state index contributed by atoms with van der Waals surface area (Å²) in [4.78, 5) is 42.3. The van der Waals surface area contributed by atoms with Gasteiger partial charge in [-0.3, -0.25) is 19.9 Å². The molecule has 0 aliphatic carbocycles. The molecule has 0 amide bonds. The molecule has 140 valence electrons. The summed E-state index contributed by atoms with van der Waals surface area (Å²) in [7, 11) is 0. The first-order valence-electron chi connectivity index (χ1n) is 8.12. The smallest absolute Gasteiger partial charge is 0.336 e. The van der Waals surface area contributed by atoms with Gasteiger partial charge in [0.15, 0.2) is 0 Å². The molecule has 4 N–H and O–H groups in total. The van der Waals surface area contributed by atoms with Crippen LogP contribution in [0.25, 0.3) is 0 Å². The molecule has 0 spiro atoms. The number of benzene rings is 1. The molecule has 1 unspecified atom stereocenters. The highest BCUT2D eigenvalue weighted by molar-refractivity contribution is 5.94. The second-order valence-electron chi connectivity index (χ2n) is 5.88. The van der Waals surface area contributed by atoms with Crippen LogP contribution in [-0.4, -0.2) is 27.5 Å². The summed E-state index contributed by atoms with van der Waals surface area (Å²) in [6, 6.07) is 5.75. The number of nitrogen functional groups attached to an aromatic ring is 1. The van der Waals surface area contributed by atoms with Gasteiger partial charge < -0.3 is 15.8 Å². The van der Waals surface area contributed by atoms with Crippen LogP contribution < -0.4 is 16.6 Å². The molecule has 0 bridgehead atoms. The van der Waals surface area contributed by atoms with Gasteiger partial charge in [0.25, 0.3) is 11.2 Å². The van der Waals surface area contributed by atoms with Crippen molar-refractivity contribution in [2.24, 2.45) is 0 Å². The Bertz CT molecular complexity index is 1030. The molecule has 27 heavy (non-hydrogen) atoms. The number of carbonyl (C=O) groups is 1. The summed E-state index contributed by atoms with van der Waals surface area (Å²) >= 11 is 0. The highest BCUT2D eigenvalue weighted by atomic mass is 16.6. The number of non-ortho nitro benzene ring substituents is 1. The van der Waals surface area contributed by atoms with E-state index in [1.54, 1.807) is 19.9 Å².